The van der Waals surface area contributed by atoms with Gasteiger partial charge < -0.3 is 10.1 Å². The van der Waals surface area contributed by atoms with Gasteiger partial charge in [0.15, 0.2) is 0 Å². The molecular formula is C15H18N2O2. The molecule has 1 amide bonds. The molecule has 0 saturated heterocycles. The largest absolute Gasteiger partial charge is 0.497 e. The topological polar surface area (TPSA) is 62.1 Å². The molecule has 19 heavy (non-hydrogen) atoms. The standard InChI is InChI=1S/C15H18N2O2/c1-19-13-7-2-11(3-8-13)4-9-15(18)17-14(10-16)12-5-6-12/h2-3,7-8,12,14H,4-6,9H2,1H3,(H,17,18). The summed E-state index contributed by atoms with van der Waals surface area (Å²) in [6, 6.07) is 9.53. The van der Waals surface area contributed by atoms with Gasteiger partial charge in [-0.25, -0.2) is 0 Å². The number of amides is 1. The van der Waals surface area contributed by atoms with Crippen molar-refractivity contribution in [2.24, 2.45) is 5.92 Å². The van der Waals surface area contributed by atoms with Gasteiger partial charge in [0.1, 0.15) is 11.8 Å². The number of rotatable bonds is 6. The molecule has 1 aromatic carbocycles. The average Bonchev–Trinajstić information content (AvgIpc) is 3.27. The summed E-state index contributed by atoms with van der Waals surface area (Å²) < 4.78 is 5.08. The van der Waals surface area contributed by atoms with Gasteiger partial charge in [-0.1, -0.05) is 12.1 Å². The average molecular weight is 258 g/mol. The summed E-state index contributed by atoms with van der Waals surface area (Å²) in [5.74, 6) is 1.13. The highest BCUT2D eigenvalue weighted by Gasteiger charge is 2.32. The van der Waals surface area contributed by atoms with Crippen LogP contribution in [0.1, 0.15) is 24.8 Å². The first-order valence-corrected chi connectivity index (χ1v) is 6.55. The minimum Gasteiger partial charge on any atom is -0.497 e. The Hall–Kier alpha value is -2.02. The van der Waals surface area contributed by atoms with Crippen LogP contribution in [-0.4, -0.2) is 19.1 Å². The number of carbonyl (C=O) groups excluding carboxylic acids is 1. The molecule has 1 atom stereocenters. The van der Waals surface area contributed by atoms with E-state index in [0.717, 1.165) is 24.2 Å². The fraction of sp³-hybridized carbons (Fsp3) is 0.467. The first-order chi connectivity index (χ1) is 9.22. The zero-order valence-electron chi connectivity index (χ0n) is 11.1. The summed E-state index contributed by atoms with van der Waals surface area (Å²) in [4.78, 5) is 11.8. The van der Waals surface area contributed by atoms with Crippen LogP contribution >= 0.6 is 0 Å². The van der Waals surface area contributed by atoms with Gasteiger partial charge in [-0.05, 0) is 42.9 Å². The molecule has 0 radical (unpaired) electrons. The van der Waals surface area contributed by atoms with Crippen LogP contribution in [0, 0.1) is 17.2 Å². The van der Waals surface area contributed by atoms with Crippen LogP contribution in [-0.2, 0) is 11.2 Å². The van der Waals surface area contributed by atoms with E-state index in [9.17, 15) is 4.79 Å². The predicted octanol–water partition coefficient (Wildman–Crippen LogP) is 2.05. The van der Waals surface area contributed by atoms with Crippen molar-refractivity contribution in [2.45, 2.75) is 31.7 Å². The molecule has 1 N–H and O–H groups in total. The number of carbonyl (C=O) groups is 1. The SMILES string of the molecule is COc1ccc(CCC(=O)NC(C#N)C2CC2)cc1. The van der Waals surface area contributed by atoms with Crippen LogP contribution in [0.3, 0.4) is 0 Å². The van der Waals surface area contributed by atoms with E-state index in [1.165, 1.54) is 0 Å². The molecule has 4 nitrogen and oxygen atoms in total. The Morgan fingerprint density at radius 1 is 1.47 bits per heavy atom. The number of nitriles is 1. The Labute approximate surface area is 113 Å². The predicted molar refractivity (Wildman–Crippen MR) is 71.6 cm³/mol. The van der Waals surface area contributed by atoms with Gasteiger partial charge in [-0.15, -0.1) is 0 Å². The van der Waals surface area contributed by atoms with Gasteiger partial charge >= 0.3 is 0 Å². The van der Waals surface area contributed by atoms with Gasteiger partial charge in [0.05, 0.1) is 13.2 Å². The van der Waals surface area contributed by atoms with Crippen molar-refractivity contribution >= 4 is 5.91 Å². The maximum atomic E-state index is 11.8. The van der Waals surface area contributed by atoms with Crippen LogP contribution in [0.25, 0.3) is 0 Å². The van der Waals surface area contributed by atoms with Crippen LogP contribution in [0.15, 0.2) is 24.3 Å². The Kier molecular flexibility index (Phi) is 4.40. The molecular weight excluding hydrogens is 240 g/mol. The quantitative estimate of drug-likeness (QED) is 0.849. The summed E-state index contributed by atoms with van der Waals surface area (Å²) in [7, 11) is 1.63. The first kappa shape index (κ1) is 13.4. The fourth-order valence-electron chi connectivity index (χ4n) is 1.98. The third kappa shape index (κ3) is 3.99. The van der Waals surface area contributed by atoms with Crippen molar-refractivity contribution in [3.63, 3.8) is 0 Å². The second-order valence-corrected chi connectivity index (χ2v) is 4.86. The van der Waals surface area contributed by atoms with Gasteiger partial charge in [0, 0.05) is 6.42 Å². The van der Waals surface area contributed by atoms with Crippen molar-refractivity contribution in [3.05, 3.63) is 29.8 Å². The van der Waals surface area contributed by atoms with Gasteiger partial charge in [0.2, 0.25) is 5.91 Å². The van der Waals surface area contributed by atoms with Crippen LogP contribution in [0.4, 0.5) is 0 Å². The summed E-state index contributed by atoms with van der Waals surface area (Å²) in [6.07, 6.45) is 3.20. The lowest BCUT2D eigenvalue weighted by atomic mass is 10.1. The van der Waals surface area contributed by atoms with Crippen molar-refractivity contribution in [1.82, 2.24) is 5.32 Å². The Morgan fingerprint density at radius 2 is 2.16 bits per heavy atom. The normalized spacial score (nSPS) is 15.4. The molecule has 1 unspecified atom stereocenters. The lowest BCUT2D eigenvalue weighted by Crippen LogP contribution is -2.35. The van der Waals surface area contributed by atoms with Gasteiger partial charge in [0.25, 0.3) is 0 Å². The molecule has 1 fully saturated rings. The number of aryl methyl sites for hydroxylation is 1. The third-order valence-corrected chi connectivity index (χ3v) is 3.35. The summed E-state index contributed by atoms with van der Waals surface area (Å²) in [5, 5.41) is 11.7. The first-order valence-electron chi connectivity index (χ1n) is 6.55. The molecule has 0 bridgehead atoms. The molecule has 4 heteroatoms. The Morgan fingerprint density at radius 3 is 2.68 bits per heavy atom. The highest BCUT2D eigenvalue weighted by atomic mass is 16.5. The molecule has 1 aromatic rings. The maximum Gasteiger partial charge on any atom is 0.221 e. The van der Waals surface area contributed by atoms with E-state index in [2.05, 4.69) is 11.4 Å². The molecule has 1 saturated carbocycles. The number of nitrogens with zero attached hydrogens (tertiary/aromatic N) is 1. The van der Waals surface area contributed by atoms with Crippen molar-refractivity contribution in [1.29, 1.82) is 5.26 Å². The summed E-state index contributed by atoms with van der Waals surface area (Å²) >= 11 is 0. The summed E-state index contributed by atoms with van der Waals surface area (Å²) in [5.41, 5.74) is 1.09. The Bertz CT molecular complexity index is 472. The van der Waals surface area contributed by atoms with Crippen LogP contribution in [0.2, 0.25) is 0 Å². The third-order valence-electron chi connectivity index (χ3n) is 3.35. The van der Waals surface area contributed by atoms with Crippen LogP contribution < -0.4 is 10.1 Å². The second-order valence-electron chi connectivity index (χ2n) is 4.86. The molecule has 1 aliphatic rings. The molecule has 0 aromatic heterocycles. The highest BCUT2D eigenvalue weighted by molar-refractivity contribution is 5.77. The monoisotopic (exact) mass is 258 g/mol. The molecule has 0 heterocycles. The molecule has 2 rings (SSSR count). The molecule has 0 spiro atoms. The van der Waals surface area contributed by atoms with E-state index < -0.39 is 0 Å². The van der Waals surface area contributed by atoms with Crippen molar-refractivity contribution < 1.29 is 9.53 Å². The van der Waals surface area contributed by atoms with Crippen molar-refractivity contribution in [2.75, 3.05) is 7.11 Å². The highest BCUT2D eigenvalue weighted by Crippen LogP contribution is 2.32. The van der Waals surface area contributed by atoms with Crippen LogP contribution in [0.5, 0.6) is 5.75 Å². The second kappa shape index (κ2) is 6.24. The minimum absolute atomic E-state index is 0.0470. The maximum absolute atomic E-state index is 11.8. The number of hydrogen-bond acceptors (Lipinski definition) is 3. The number of methoxy groups -OCH3 is 1. The van der Waals surface area contributed by atoms with Gasteiger partial charge in [-0.3, -0.25) is 4.79 Å². The lowest BCUT2D eigenvalue weighted by molar-refractivity contribution is -0.121. The number of ether oxygens (including phenoxy) is 1. The van der Waals surface area contributed by atoms with Gasteiger partial charge in [-0.2, -0.15) is 5.26 Å². The molecule has 0 aliphatic heterocycles. The van der Waals surface area contributed by atoms with E-state index in [1.807, 2.05) is 24.3 Å². The Balaban J connectivity index is 1.77. The van der Waals surface area contributed by atoms with E-state index >= 15 is 0 Å². The number of benzene rings is 1. The molecule has 1 aliphatic carbocycles. The smallest absolute Gasteiger partial charge is 0.221 e. The lowest BCUT2D eigenvalue weighted by Gasteiger charge is -2.10. The number of nitrogens with one attached hydrogen (secondary N) is 1. The fourth-order valence-corrected chi connectivity index (χ4v) is 1.98. The molecule has 100 valence electrons. The van der Waals surface area contributed by atoms with Crippen molar-refractivity contribution in [3.8, 4) is 11.8 Å². The number of hydrogen-bond donors (Lipinski definition) is 1. The zero-order valence-corrected chi connectivity index (χ0v) is 11.1. The van der Waals surface area contributed by atoms with E-state index in [-0.39, 0.29) is 11.9 Å². The van der Waals surface area contributed by atoms with E-state index in [4.69, 9.17) is 10.00 Å². The minimum atomic E-state index is -0.302. The van der Waals surface area contributed by atoms with E-state index in [1.54, 1.807) is 7.11 Å². The summed E-state index contributed by atoms with van der Waals surface area (Å²) in [6.45, 7) is 0. The van der Waals surface area contributed by atoms with E-state index in [0.29, 0.717) is 18.8 Å². The zero-order chi connectivity index (χ0) is 13.7.